The van der Waals surface area contributed by atoms with Crippen LogP contribution in [0.3, 0.4) is 0 Å². The van der Waals surface area contributed by atoms with Gasteiger partial charge in [-0.1, -0.05) is 24.3 Å². The number of benzene rings is 1. The lowest BCUT2D eigenvalue weighted by atomic mass is 9.97. The molecular formula is C16H21NO3. The fraction of sp³-hybridized carbons (Fsp3) is 0.500. The number of ether oxygens (including phenoxy) is 1. The molecule has 1 aromatic carbocycles. The van der Waals surface area contributed by atoms with Gasteiger partial charge in [0.1, 0.15) is 0 Å². The summed E-state index contributed by atoms with van der Waals surface area (Å²) in [6, 6.07) is 7.69. The summed E-state index contributed by atoms with van der Waals surface area (Å²) in [6.45, 7) is 3.63. The van der Waals surface area contributed by atoms with E-state index in [4.69, 9.17) is 4.74 Å². The maximum absolute atomic E-state index is 11.8. The number of hydrogen-bond acceptors (Lipinski definition) is 3. The first kappa shape index (κ1) is 14.7. The zero-order valence-electron chi connectivity index (χ0n) is 12.1. The Balaban J connectivity index is 1.91. The minimum Gasteiger partial charge on any atom is -0.383 e. The van der Waals surface area contributed by atoms with Crippen LogP contribution in [0.4, 0.5) is 0 Å². The molecule has 0 radical (unpaired) electrons. The maximum atomic E-state index is 11.8. The lowest BCUT2D eigenvalue weighted by Crippen LogP contribution is -2.28. The third-order valence-corrected chi connectivity index (χ3v) is 3.74. The van der Waals surface area contributed by atoms with Crippen molar-refractivity contribution in [3.63, 3.8) is 0 Å². The Morgan fingerprint density at radius 3 is 2.65 bits per heavy atom. The molecule has 0 aromatic heterocycles. The fourth-order valence-electron chi connectivity index (χ4n) is 2.62. The smallest absolute Gasteiger partial charge is 0.223 e. The van der Waals surface area contributed by atoms with Crippen molar-refractivity contribution in [2.24, 2.45) is 5.92 Å². The molecule has 0 bridgehead atoms. The number of rotatable bonds is 6. The van der Waals surface area contributed by atoms with Crippen LogP contribution in [0.25, 0.3) is 0 Å². The first-order valence-corrected chi connectivity index (χ1v) is 6.96. The van der Waals surface area contributed by atoms with Gasteiger partial charge in [-0.15, -0.1) is 0 Å². The average molecular weight is 275 g/mol. The van der Waals surface area contributed by atoms with Crippen LogP contribution < -0.4 is 0 Å². The first-order valence-electron chi connectivity index (χ1n) is 6.96. The van der Waals surface area contributed by atoms with Crippen molar-refractivity contribution in [2.75, 3.05) is 26.8 Å². The van der Waals surface area contributed by atoms with Crippen molar-refractivity contribution < 1.29 is 14.3 Å². The van der Waals surface area contributed by atoms with Crippen LogP contribution in [0.1, 0.15) is 29.3 Å². The number of carbonyl (C=O) groups is 2. The molecule has 2 rings (SSSR count). The van der Waals surface area contributed by atoms with E-state index < -0.39 is 0 Å². The molecule has 1 atom stereocenters. The number of Topliss-reactive ketones (excluding diaryl/α,β-unsaturated/α-hetero) is 1. The quantitative estimate of drug-likeness (QED) is 0.745. The van der Waals surface area contributed by atoms with E-state index in [2.05, 4.69) is 0 Å². The lowest BCUT2D eigenvalue weighted by Gasteiger charge is -2.16. The summed E-state index contributed by atoms with van der Waals surface area (Å²) >= 11 is 0. The maximum Gasteiger partial charge on any atom is 0.223 e. The van der Waals surface area contributed by atoms with E-state index in [0.717, 1.165) is 18.5 Å². The van der Waals surface area contributed by atoms with Crippen LogP contribution in [0, 0.1) is 5.92 Å². The van der Waals surface area contributed by atoms with Crippen molar-refractivity contribution >= 4 is 11.7 Å². The summed E-state index contributed by atoms with van der Waals surface area (Å²) < 4.78 is 5.02. The van der Waals surface area contributed by atoms with Gasteiger partial charge in [-0.05, 0) is 24.8 Å². The van der Waals surface area contributed by atoms with Crippen molar-refractivity contribution in [1.82, 2.24) is 4.90 Å². The molecule has 1 saturated heterocycles. The molecule has 4 nitrogen and oxygen atoms in total. The third kappa shape index (κ3) is 3.67. The predicted octanol–water partition coefficient (Wildman–Crippen LogP) is 1.93. The summed E-state index contributed by atoms with van der Waals surface area (Å²) in [5.74, 6) is 0.660. The summed E-state index contributed by atoms with van der Waals surface area (Å²) in [6.07, 6.45) is 1.49. The molecule has 4 heteroatoms. The first-order chi connectivity index (χ1) is 9.60. The van der Waals surface area contributed by atoms with Gasteiger partial charge in [0.2, 0.25) is 5.91 Å². The van der Waals surface area contributed by atoms with Crippen LogP contribution in [0.2, 0.25) is 0 Å². The Bertz CT molecular complexity index is 481. The van der Waals surface area contributed by atoms with E-state index in [1.54, 1.807) is 14.0 Å². The summed E-state index contributed by atoms with van der Waals surface area (Å²) in [7, 11) is 1.65. The van der Waals surface area contributed by atoms with E-state index in [1.165, 1.54) is 5.56 Å². The molecule has 0 N–H and O–H groups in total. The van der Waals surface area contributed by atoms with Gasteiger partial charge >= 0.3 is 0 Å². The van der Waals surface area contributed by atoms with Gasteiger partial charge in [0, 0.05) is 32.2 Å². The van der Waals surface area contributed by atoms with E-state index in [9.17, 15) is 9.59 Å². The molecule has 1 aromatic rings. The van der Waals surface area contributed by atoms with Gasteiger partial charge in [-0.25, -0.2) is 0 Å². The second-order valence-electron chi connectivity index (χ2n) is 5.36. The highest BCUT2D eigenvalue weighted by Gasteiger charge is 2.29. The summed E-state index contributed by atoms with van der Waals surface area (Å²) in [5, 5.41) is 0. The van der Waals surface area contributed by atoms with Crippen molar-refractivity contribution in [3.8, 4) is 0 Å². The molecule has 0 spiro atoms. The molecule has 108 valence electrons. The molecule has 0 aliphatic carbocycles. The fourth-order valence-corrected chi connectivity index (χ4v) is 2.62. The topological polar surface area (TPSA) is 46.6 Å². The van der Waals surface area contributed by atoms with Gasteiger partial charge in [-0.2, -0.15) is 0 Å². The number of ketones is 1. The number of likely N-dealkylation sites (tertiary alicyclic amines) is 1. The van der Waals surface area contributed by atoms with Gasteiger partial charge in [0.05, 0.1) is 6.61 Å². The van der Waals surface area contributed by atoms with E-state index in [0.29, 0.717) is 25.5 Å². The Hall–Kier alpha value is -1.68. The van der Waals surface area contributed by atoms with Gasteiger partial charge in [0.25, 0.3) is 0 Å². The largest absolute Gasteiger partial charge is 0.383 e. The number of amides is 1. The van der Waals surface area contributed by atoms with Crippen molar-refractivity contribution in [3.05, 3.63) is 35.4 Å². The minimum atomic E-state index is 0.0818. The Kier molecular flexibility index (Phi) is 4.90. The highest BCUT2D eigenvalue weighted by atomic mass is 16.5. The molecule has 0 unspecified atom stereocenters. The van der Waals surface area contributed by atoms with Gasteiger partial charge in [0.15, 0.2) is 5.78 Å². The van der Waals surface area contributed by atoms with Crippen LogP contribution in [0.5, 0.6) is 0 Å². The SMILES string of the molecule is COCCN1C[C@H](Cc2ccc(C(C)=O)cc2)CC1=O. The Morgan fingerprint density at radius 1 is 1.35 bits per heavy atom. The number of nitrogens with zero attached hydrogens (tertiary/aromatic N) is 1. The second-order valence-corrected chi connectivity index (χ2v) is 5.36. The van der Waals surface area contributed by atoms with Crippen LogP contribution in [0.15, 0.2) is 24.3 Å². The number of carbonyl (C=O) groups excluding carboxylic acids is 2. The second kappa shape index (κ2) is 6.66. The van der Waals surface area contributed by atoms with Crippen molar-refractivity contribution in [1.29, 1.82) is 0 Å². The Morgan fingerprint density at radius 2 is 2.05 bits per heavy atom. The third-order valence-electron chi connectivity index (χ3n) is 3.74. The van der Waals surface area contributed by atoms with E-state index in [1.807, 2.05) is 29.2 Å². The highest BCUT2D eigenvalue weighted by molar-refractivity contribution is 5.94. The molecule has 1 aliphatic heterocycles. The monoisotopic (exact) mass is 275 g/mol. The molecule has 0 saturated carbocycles. The number of hydrogen-bond donors (Lipinski definition) is 0. The average Bonchev–Trinajstić information content (AvgIpc) is 2.77. The molecule has 20 heavy (non-hydrogen) atoms. The zero-order chi connectivity index (χ0) is 14.5. The zero-order valence-corrected chi connectivity index (χ0v) is 12.1. The minimum absolute atomic E-state index is 0.0818. The highest BCUT2D eigenvalue weighted by Crippen LogP contribution is 2.22. The molecule has 1 heterocycles. The summed E-state index contributed by atoms with van der Waals surface area (Å²) in [5.41, 5.74) is 1.92. The molecular weight excluding hydrogens is 254 g/mol. The van der Waals surface area contributed by atoms with Crippen LogP contribution in [-0.4, -0.2) is 43.4 Å². The lowest BCUT2D eigenvalue weighted by molar-refractivity contribution is -0.128. The molecule has 1 aliphatic rings. The van der Waals surface area contributed by atoms with Crippen LogP contribution >= 0.6 is 0 Å². The van der Waals surface area contributed by atoms with Crippen molar-refractivity contribution in [2.45, 2.75) is 19.8 Å². The van der Waals surface area contributed by atoms with E-state index in [-0.39, 0.29) is 11.7 Å². The van der Waals surface area contributed by atoms with Gasteiger partial charge < -0.3 is 9.64 Å². The van der Waals surface area contributed by atoms with Gasteiger partial charge in [-0.3, -0.25) is 9.59 Å². The molecule has 1 fully saturated rings. The summed E-state index contributed by atoms with van der Waals surface area (Å²) in [4.78, 5) is 24.9. The van der Waals surface area contributed by atoms with Crippen LogP contribution in [-0.2, 0) is 16.0 Å². The standard InChI is InChI=1S/C16H21NO3/c1-12(18)15-5-3-13(4-6-15)9-14-10-16(19)17(11-14)7-8-20-2/h3-6,14H,7-11H2,1-2H3/t14-/m1/s1. The normalized spacial score (nSPS) is 18.6. The molecule has 1 amide bonds. The van der Waals surface area contributed by atoms with E-state index >= 15 is 0 Å². The number of methoxy groups -OCH3 is 1. The predicted molar refractivity (Wildman–Crippen MR) is 76.7 cm³/mol. The Labute approximate surface area is 119 Å².